The summed E-state index contributed by atoms with van der Waals surface area (Å²) in [6.07, 6.45) is 0. The fourth-order valence-electron chi connectivity index (χ4n) is 2.04. The molecule has 1 aromatic rings. The first kappa shape index (κ1) is 14.6. The number of piperazine rings is 1. The molecule has 110 valence electrons. The summed E-state index contributed by atoms with van der Waals surface area (Å²) in [5.41, 5.74) is 4.95. The number of hydrogen-bond acceptors (Lipinski definition) is 6. The van der Waals surface area contributed by atoms with Crippen LogP contribution in [0.15, 0.2) is 0 Å². The van der Waals surface area contributed by atoms with Crippen LogP contribution in [-0.4, -0.2) is 54.4 Å². The smallest absolute Gasteiger partial charge is 0.268 e. The lowest BCUT2D eigenvalue weighted by molar-refractivity contribution is -0.133. The molecule has 1 saturated heterocycles. The molecule has 0 atom stereocenters. The van der Waals surface area contributed by atoms with Crippen molar-refractivity contribution >= 4 is 34.1 Å². The Morgan fingerprint density at radius 3 is 2.70 bits per heavy atom. The highest BCUT2D eigenvalue weighted by Gasteiger charge is 2.41. The molecule has 3 N–H and O–H groups in total. The third kappa shape index (κ3) is 2.31. The Labute approximate surface area is 121 Å². The van der Waals surface area contributed by atoms with E-state index in [1.807, 2.05) is 14.1 Å². The first-order valence-electron chi connectivity index (χ1n) is 6.29. The second-order valence-electron chi connectivity index (χ2n) is 5.38. The quantitative estimate of drug-likeness (QED) is 0.810. The van der Waals surface area contributed by atoms with Gasteiger partial charge in [0.25, 0.3) is 5.91 Å². The molecule has 0 saturated carbocycles. The van der Waals surface area contributed by atoms with Crippen molar-refractivity contribution in [3.05, 3.63) is 4.88 Å². The third-order valence-corrected chi connectivity index (χ3v) is 4.54. The van der Waals surface area contributed by atoms with Crippen molar-refractivity contribution in [3.63, 3.8) is 0 Å². The molecule has 2 rings (SSSR count). The van der Waals surface area contributed by atoms with Crippen molar-refractivity contribution in [2.45, 2.75) is 19.4 Å². The molecule has 7 nitrogen and oxygen atoms in total. The molecule has 0 spiro atoms. The van der Waals surface area contributed by atoms with E-state index >= 15 is 0 Å². The van der Waals surface area contributed by atoms with Crippen LogP contribution in [0.25, 0.3) is 0 Å². The van der Waals surface area contributed by atoms with Gasteiger partial charge in [-0.3, -0.25) is 9.59 Å². The highest BCUT2D eigenvalue weighted by atomic mass is 32.1. The van der Waals surface area contributed by atoms with Gasteiger partial charge in [-0.1, -0.05) is 11.3 Å². The van der Waals surface area contributed by atoms with Crippen molar-refractivity contribution in [2.24, 2.45) is 0 Å². The highest BCUT2D eigenvalue weighted by molar-refractivity contribution is 7.18. The van der Waals surface area contributed by atoms with E-state index < -0.39 is 5.54 Å². The van der Waals surface area contributed by atoms with Crippen LogP contribution in [0.4, 0.5) is 10.9 Å². The summed E-state index contributed by atoms with van der Waals surface area (Å²) in [5.74, 6) is -0.188. The molecule has 0 unspecified atom stereocenters. The van der Waals surface area contributed by atoms with Gasteiger partial charge in [-0.25, -0.2) is 4.98 Å². The molecule has 8 heteroatoms. The average Bonchev–Trinajstić information content (AvgIpc) is 2.74. The van der Waals surface area contributed by atoms with Crippen LogP contribution in [0.3, 0.4) is 0 Å². The van der Waals surface area contributed by atoms with Crippen LogP contribution in [0.1, 0.15) is 23.5 Å². The number of anilines is 2. The fourth-order valence-corrected chi connectivity index (χ4v) is 2.90. The van der Waals surface area contributed by atoms with Crippen molar-refractivity contribution in [3.8, 4) is 0 Å². The minimum Gasteiger partial charge on any atom is -0.382 e. The number of aromatic nitrogens is 1. The van der Waals surface area contributed by atoms with Crippen LogP contribution in [0, 0.1) is 0 Å². The monoisotopic (exact) mass is 297 g/mol. The van der Waals surface area contributed by atoms with Crippen molar-refractivity contribution in [1.29, 1.82) is 0 Å². The van der Waals surface area contributed by atoms with Gasteiger partial charge in [0.2, 0.25) is 5.91 Å². The minimum absolute atomic E-state index is 0.159. The lowest BCUT2D eigenvalue weighted by Gasteiger charge is -2.40. The van der Waals surface area contributed by atoms with Crippen LogP contribution < -0.4 is 16.0 Å². The van der Waals surface area contributed by atoms with E-state index in [4.69, 9.17) is 5.73 Å². The Morgan fingerprint density at radius 1 is 1.50 bits per heavy atom. The molecule has 0 aliphatic carbocycles. The van der Waals surface area contributed by atoms with E-state index in [1.165, 1.54) is 11.3 Å². The number of carbonyl (C=O) groups excluding carboxylic acids is 2. The summed E-state index contributed by atoms with van der Waals surface area (Å²) in [6.45, 7) is 4.37. The van der Waals surface area contributed by atoms with Gasteiger partial charge in [-0.15, -0.1) is 0 Å². The molecule has 0 aromatic carbocycles. The molecule has 2 heterocycles. The summed E-state index contributed by atoms with van der Waals surface area (Å²) in [4.78, 5) is 32.4. The second kappa shape index (κ2) is 4.93. The molecular formula is C12H19N5O2S. The maximum atomic E-state index is 12.6. The Kier molecular flexibility index (Phi) is 3.59. The zero-order valence-electron chi connectivity index (χ0n) is 12.1. The number of rotatable bonds is 2. The molecule has 0 bridgehead atoms. The largest absolute Gasteiger partial charge is 0.382 e. The Bertz CT molecular complexity index is 552. The van der Waals surface area contributed by atoms with Gasteiger partial charge in [0.1, 0.15) is 16.2 Å². The van der Waals surface area contributed by atoms with Crippen molar-refractivity contribution in [2.75, 3.05) is 37.8 Å². The van der Waals surface area contributed by atoms with Gasteiger partial charge in [0.15, 0.2) is 5.13 Å². The second-order valence-corrected chi connectivity index (χ2v) is 6.35. The van der Waals surface area contributed by atoms with E-state index in [0.717, 1.165) is 0 Å². The minimum atomic E-state index is -0.885. The fraction of sp³-hybridized carbons (Fsp3) is 0.583. The topological polar surface area (TPSA) is 91.6 Å². The molecule has 1 aromatic heterocycles. The zero-order valence-corrected chi connectivity index (χ0v) is 12.9. The van der Waals surface area contributed by atoms with E-state index in [2.05, 4.69) is 10.3 Å². The summed E-state index contributed by atoms with van der Waals surface area (Å²) < 4.78 is 0. The summed E-state index contributed by atoms with van der Waals surface area (Å²) in [6, 6.07) is 0. The van der Waals surface area contributed by atoms with Crippen LogP contribution in [0.2, 0.25) is 0 Å². The molecular weight excluding hydrogens is 278 g/mol. The number of thiazole rings is 1. The maximum Gasteiger partial charge on any atom is 0.268 e. The van der Waals surface area contributed by atoms with E-state index in [-0.39, 0.29) is 17.6 Å². The number of hydrogen-bond donors (Lipinski definition) is 2. The number of nitrogen functional groups attached to an aromatic ring is 1. The van der Waals surface area contributed by atoms with Gasteiger partial charge in [-0.05, 0) is 13.8 Å². The predicted molar refractivity (Wildman–Crippen MR) is 79.0 cm³/mol. The van der Waals surface area contributed by atoms with Gasteiger partial charge in [0, 0.05) is 27.2 Å². The number of carbonyl (C=O) groups is 2. The summed E-state index contributed by atoms with van der Waals surface area (Å²) >= 11 is 1.24. The SMILES string of the molecule is CN(C)c1nc(N)c(C(=O)N2CCNC(=O)C2(C)C)s1. The predicted octanol–water partition coefficient (Wildman–Crippen LogP) is 0.142. The maximum absolute atomic E-state index is 12.6. The van der Waals surface area contributed by atoms with E-state index in [0.29, 0.717) is 23.1 Å². The first-order valence-corrected chi connectivity index (χ1v) is 7.10. The first-order chi connectivity index (χ1) is 9.25. The van der Waals surface area contributed by atoms with E-state index in [9.17, 15) is 9.59 Å². The Balaban J connectivity index is 2.33. The van der Waals surface area contributed by atoms with Gasteiger partial charge in [-0.2, -0.15) is 0 Å². The van der Waals surface area contributed by atoms with Crippen LogP contribution in [-0.2, 0) is 4.79 Å². The molecule has 1 fully saturated rings. The molecule has 1 aliphatic rings. The van der Waals surface area contributed by atoms with Crippen LogP contribution >= 0.6 is 11.3 Å². The van der Waals surface area contributed by atoms with Gasteiger partial charge in [0.05, 0.1) is 0 Å². The number of nitrogens with zero attached hydrogens (tertiary/aromatic N) is 3. The average molecular weight is 297 g/mol. The van der Waals surface area contributed by atoms with Gasteiger partial charge < -0.3 is 20.9 Å². The zero-order chi connectivity index (χ0) is 15.1. The Hall–Kier alpha value is -1.83. The van der Waals surface area contributed by atoms with E-state index in [1.54, 1.807) is 23.6 Å². The molecule has 0 radical (unpaired) electrons. The molecule has 20 heavy (non-hydrogen) atoms. The van der Waals surface area contributed by atoms with Gasteiger partial charge >= 0.3 is 0 Å². The van der Waals surface area contributed by atoms with Crippen LogP contribution in [0.5, 0.6) is 0 Å². The standard InChI is InChI=1S/C12H19N5O2S/c1-12(2)10(19)14-5-6-17(12)9(18)7-8(13)15-11(20-7)16(3)4/h5-6,13H2,1-4H3,(H,14,19). The molecule has 2 amide bonds. The lowest BCUT2D eigenvalue weighted by atomic mass is 9.98. The Morgan fingerprint density at radius 2 is 2.15 bits per heavy atom. The lowest BCUT2D eigenvalue weighted by Crippen LogP contribution is -2.63. The summed E-state index contributed by atoms with van der Waals surface area (Å²) in [7, 11) is 3.68. The number of nitrogens with one attached hydrogen (secondary N) is 1. The normalized spacial score (nSPS) is 17.8. The third-order valence-electron chi connectivity index (χ3n) is 3.32. The molecule has 1 aliphatic heterocycles. The van der Waals surface area contributed by atoms with Crippen molar-refractivity contribution in [1.82, 2.24) is 15.2 Å². The highest BCUT2D eigenvalue weighted by Crippen LogP contribution is 2.30. The number of nitrogens with two attached hydrogens (primary N) is 1. The number of amides is 2. The summed E-state index contributed by atoms with van der Waals surface area (Å²) in [5, 5.41) is 3.43. The van der Waals surface area contributed by atoms with Crippen molar-refractivity contribution < 1.29 is 9.59 Å².